The van der Waals surface area contributed by atoms with Crippen molar-refractivity contribution in [3.8, 4) is 11.5 Å². The molecule has 0 amide bonds. The average molecular weight is 320 g/mol. The molecule has 0 aliphatic carbocycles. The zero-order valence-corrected chi connectivity index (χ0v) is 12.1. The van der Waals surface area contributed by atoms with E-state index in [1.807, 2.05) is 31.2 Å². The lowest BCUT2D eigenvalue weighted by molar-refractivity contribution is 0.318. The molecule has 0 fully saturated rings. The van der Waals surface area contributed by atoms with Crippen LogP contribution in [0.5, 0.6) is 11.5 Å². The largest absolute Gasteiger partial charge is 0.504 e. The van der Waals surface area contributed by atoms with Gasteiger partial charge in [-0.05, 0) is 55.0 Å². The SMILES string of the molecule is CCOc1cc(C=Nc2ccc(Br)cc2)ccc1O. The van der Waals surface area contributed by atoms with E-state index in [0.29, 0.717) is 12.4 Å². The van der Waals surface area contributed by atoms with E-state index in [2.05, 4.69) is 20.9 Å². The molecule has 2 aromatic rings. The molecule has 0 aliphatic rings. The Kier molecular flexibility index (Phi) is 4.58. The van der Waals surface area contributed by atoms with Gasteiger partial charge in [0.15, 0.2) is 11.5 Å². The van der Waals surface area contributed by atoms with Crippen molar-refractivity contribution in [1.29, 1.82) is 0 Å². The summed E-state index contributed by atoms with van der Waals surface area (Å²) in [7, 11) is 0. The molecule has 1 N–H and O–H groups in total. The van der Waals surface area contributed by atoms with Crippen LogP contribution in [0, 0.1) is 0 Å². The molecule has 0 saturated heterocycles. The Labute approximate surface area is 120 Å². The number of aliphatic imine (C=N–C) groups is 1. The third kappa shape index (κ3) is 3.83. The normalized spacial score (nSPS) is 10.8. The van der Waals surface area contributed by atoms with Crippen LogP contribution in [0.25, 0.3) is 0 Å². The fourth-order valence-corrected chi connectivity index (χ4v) is 1.82. The number of nitrogens with zero attached hydrogens (tertiary/aromatic N) is 1. The molecule has 0 bridgehead atoms. The summed E-state index contributed by atoms with van der Waals surface area (Å²) in [6.45, 7) is 2.39. The molecule has 2 aromatic carbocycles. The fraction of sp³-hybridized carbons (Fsp3) is 0.133. The number of rotatable bonds is 4. The average Bonchev–Trinajstić information content (AvgIpc) is 2.42. The van der Waals surface area contributed by atoms with Crippen molar-refractivity contribution in [3.05, 3.63) is 52.5 Å². The summed E-state index contributed by atoms with van der Waals surface area (Å²) in [5.74, 6) is 0.616. The molecular formula is C15H14BrNO2. The highest BCUT2D eigenvalue weighted by Crippen LogP contribution is 2.26. The summed E-state index contributed by atoms with van der Waals surface area (Å²) in [6, 6.07) is 12.9. The van der Waals surface area contributed by atoms with Gasteiger partial charge in [-0.3, -0.25) is 4.99 Å². The first-order valence-electron chi connectivity index (χ1n) is 5.94. The lowest BCUT2D eigenvalue weighted by Crippen LogP contribution is -1.93. The first kappa shape index (κ1) is 13.6. The maximum atomic E-state index is 9.61. The van der Waals surface area contributed by atoms with Crippen LogP contribution in [-0.2, 0) is 0 Å². The second kappa shape index (κ2) is 6.38. The van der Waals surface area contributed by atoms with Gasteiger partial charge in [0, 0.05) is 10.7 Å². The summed E-state index contributed by atoms with van der Waals surface area (Å²) < 4.78 is 6.35. The summed E-state index contributed by atoms with van der Waals surface area (Å²) in [5, 5.41) is 9.61. The highest BCUT2D eigenvalue weighted by Gasteiger charge is 2.01. The van der Waals surface area contributed by atoms with Gasteiger partial charge >= 0.3 is 0 Å². The number of phenols is 1. The lowest BCUT2D eigenvalue weighted by Gasteiger charge is -2.05. The molecule has 0 unspecified atom stereocenters. The van der Waals surface area contributed by atoms with Crippen molar-refractivity contribution in [2.24, 2.45) is 4.99 Å². The molecule has 0 aromatic heterocycles. The Balaban J connectivity index is 2.18. The lowest BCUT2D eigenvalue weighted by atomic mass is 10.2. The van der Waals surface area contributed by atoms with Crippen LogP contribution in [0.1, 0.15) is 12.5 Å². The third-order valence-corrected chi connectivity index (χ3v) is 3.00. The quantitative estimate of drug-likeness (QED) is 0.853. The van der Waals surface area contributed by atoms with Crippen molar-refractivity contribution < 1.29 is 9.84 Å². The van der Waals surface area contributed by atoms with E-state index in [1.54, 1.807) is 24.4 Å². The van der Waals surface area contributed by atoms with E-state index in [-0.39, 0.29) is 5.75 Å². The van der Waals surface area contributed by atoms with Crippen LogP contribution in [0.2, 0.25) is 0 Å². The molecule has 2 rings (SSSR count). The maximum absolute atomic E-state index is 9.61. The van der Waals surface area contributed by atoms with E-state index in [9.17, 15) is 5.11 Å². The number of benzene rings is 2. The number of aromatic hydroxyl groups is 1. The Hall–Kier alpha value is -1.81. The van der Waals surface area contributed by atoms with Crippen LogP contribution in [-0.4, -0.2) is 17.9 Å². The van der Waals surface area contributed by atoms with Crippen molar-refractivity contribution in [2.45, 2.75) is 6.92 Å². The minimum absolute atomic E-state index is 0.141. The number of hydrogen-bond donors (Lipinski definition) is 1. The number of ether oxygens (including phenoxy) is 1. The predicted molar refractivity (Wildman–Crippen MR) is 80.7 cm³/mol. The van der Waals surface area contributed by atoms with E-state index < -0.39 is 0 Å². The number of halogens is 1. The standard InChI is InChI=1S/C15H14BrNO2/c1-2-19-15-9-11(3-8-14(15)18)10-17-13-6-4-12(16)5-7-13/h3-10,18H,2H2,1H3. The van der Waals surface area contributed by atoms with E-state index >= 15 is 0 Å². The molecule has 0 heterocycles. The Morgan fingerprint density at radius 2 is 1.95 bits per heavy atom. The van der Waals surface area contributed by atoms with Gasteiger partial charge in [0.05, 0.1) is 12.3 Å². The van der Waals surface area contributed by atoms with Crippen LogP contribution in [0.15, 0.2) is 51.9 Å². The molecule has 0 atom stereocenters. The van der Waals surface area contributed by atoms with Crippen LogP contribution >= 0.6 is 15.9 Å². The van der Waals surface area contributed by atoms with Crippen molar-refractivity contribution in [1.82, 2.24) is 0 Å². The molecule has 4 heteroatoms. The summed E-state index contributed by atoms with van der Waals surface area (Å²) in [5.41, 5.74) is 1.75. The monoisotopic (exact) mass is 319 g/mol. The predicted octanol–water partition coefficient (Wildman–Crippen LogP) is 4.30. The number of phenolic OH excluding ortho intramolecular Hbond substituents is 1. The van der Waals surface area contributed by atoms with Crippen molar-refractivity contribution in [2.75, 3.05) is 6.61 Å². The first-order chi connectivity index (χ1) is 9.19. The van der Waals surface area contributed by atoms with Crippen LogP contribution in [0.4, 0.5) is 5.69 Å². The Morgan fingerprint density at radius 3 is 2.63 bits per heavy atom. The molecule has 0 spiro atoms. The summed E-state index contributed by atoms with van der Waals surface area (Å²) in [6.07, 6.45) is 1.74. The first-order valence-corrected chi connectivity index (χ1v) is 6.74. The highest BCUT2D eigenvalue weighted by atomic mass is 79.9. The van der Waals surface area contributed by atoms with E-state index in [1.165, 1.54) is 0 Å². The van der Waals surface area contributed by atoms with Crippen LogP contribution in [0.3, 0.4) is 0 Å². The van der Waals surface area contributed by atoms with Crippen LogP contribution < -0.4 is 4.74 Å². The fourth-order valence-electron chi connectivity index (χ4n) is 1.56. The number of hydrogen-bond acceptors (Lipinski definition) is 3. The van der Waals surface area contributed by atoms with Gasteiger partial charge in [-0.1, -0.05) is 15.9 Å². The van der Waals surface area contributed by atoms with Gasteiger partial charge in [-0.2, -0.15) is 0 Å². The van der Waals surface area contributed by atoms with Gasteiger partial charge < -0.3 is 9.84 Å². The van der Waals surface area contributed by atoms with E-state index in [4.69, 9.17) is 4.74 Å². The summed E-state index contributed by atoms with van der Waals surface area (Å²) in [4.78, 5) is 4.37. The molecular weight excluding hydrogens is 306 g/mol. The smallest absolute Gasteiger partial charge is 0.161 e. The Morgan fingerprint density at radius 1 is 1.21 bits per heavy atom. The second-order valence-electron chi connectivity index (χ2n) is 3.89. The molecule has 98 valence electrons. The topological polar surface area (TPSA) is 41.8 Å². The second-order valence-corrected chi connectivity index (χ2v) is 4.81. The minimum Gasteiger partial charge on any atom is -0.504 e. The minimum atomic E-state index is 0.141. The van der Waals surface area contributed by atoms with Gasteiger partial charge in [-0.15, -0.1) is 0 Å². The molecule has 0 radical (unpaired) electrons. The maximum Gasteiger partial charge on any atom is 0.161 e. The van der Waals surface area contributed by atoms with Crippen molar-refractivity contribution >= 4 is 27.8 Å². The Bertz CT molecular complexity index is 579. The zero-order valence-electron chi connectivity index (χ0n) is 10.5. The summed E-state index contributed by atoms with van der Waals surface area (Å²) >= 11 is 3.38. The van der Waals surface area contributed by atoms with Gasteiger partial charge in [0.2, 0.25) is 0 Å². The highest BCUT2D eigenvalue weighted by molar-refractivity contribution is 9.10. The molecule has 0 aliphatic heterocycles. The van der Waals surface area contributed by atoms with Gasteiger partial charge in [0.25, 0.3) is 0 Å². The third-order valence-electron chi connectivity index (χ3n) is 2.47. The van der Waals surface area contributed by atoms with Gasteiger partial charge in [0.1, 0.15) is 0 Å². The molecule has 19 heavy (non-hydrogen) atoms. The van der Waals surface area contributed by atoms with Crippen molar-refractivity contribution in [3.63, 3.8) is 0 Å². The molecule has 0 saturated carbocycles. The zero-order chi connectivity index (χ0) is 13.7. The molecule has 3 nitrogen and oxygen atoms in total. The van der Waals surface area contributed by atoms with E-state index in [0.717, 1.165) is 15.7 Å². The van der Waals surface area contributed by atoms with Gasteiger partial charge in [-0.25, -0.2) is 0 Å².